The molecular formula is C20H25N5O2. The van der Waals surface area contributed by atoms with Gasteiger partial charge in [-0.3, -0.25) is 9.48 Å². The highest BCUT2D eigenvalue weighted by Crippen LogP contribution is 2.19. The van der Waals surface area contributed by atoms with Gasteiger partial charge >= 0.3 is 0 Å². The second-order valence-corrected chi connectivity index (χ2v) is 7.00. The summed E-state index contributed by atoms with van der Waals surface area (Å²) in [5, 5.41) is 12.3. The van der Waals surface area contributed by atoms with Crippen LogP contribution in [0.5, 0.6) is 0 Å². The second-order valence-electron chi connectivity index (χ2n) is 7.00. The van der Waals surface area contributed by atoms with E-state index in [4.69, 9.17) is 4.42 Å². The maximum Gasteiger partial charge on any atom is 0.247 e. The number of hydrogen-bond acceptors (Lipinski definition) is 5. The number of aromatic nitrogens is 4. The van der Waals surface area contributed by atoms with Crippen molar-refractivity contribution >= 4 is 5.91 Å². The van der Waals surface area contributed by atoms with E-state index in [-0.39, 0.29) is 11.9 Å². The van der Waals surface area contributed by atoms with Gasteiger partial charge in [-0.15, -0.1) is 10.2 Å². The lowest BCUT2D eigenvalue weighted by atomic mass is 10.1. The fourth-order valence-corrected chi connectivity index (χ4v) is 2.83. The number of hydrogen-bond donors (Lipinski definition) is 0. The van der Waals surface area contributed by atoms with Gasteiger partial charge < -0.3 is 9.32 Å². The van der Waals surface area contributed by atoms with E-state index in [1.807, 2.05) is 63.2 Å². The molecule has 0 aliphatic carbocycles. The van der Waals surface area contributed by atoms with E-state index in [1.54, 1.807) is 10.9 Å². The predicted octanol–water partition coefficient (Wildman–Crippen LogP) is 3.15. The highest BCUT2D eigenvalue weighted by atomic mass is 16.4. The number of nitrogens with zero attached hydrogens (tertiary/aromatic N) is 5. The Kier molecular flexibility index (Phi) is 5.69. The molecule has 3 rings (SSSR count). The largest absolute Gasteiger partial charge is 0.421 e. The van der Waals surface area contributed by atoms with Gasteiger partial charge in [-0.1, -0.05) is 17.7 Å². The molecule has 27 heavy (non-hydrogen) atoms. The first-order valence-corrected chi connectivity index (χ1v) is 9.09. The molecule has 0 unspecified atom stereocenters. The topological polar surface area (TPSA) is 77.1 Å². The van der Waals surface area contributed by atoms with Crippen LogP contribution in [-0.4, -0.2) is 36.8 Å². The fourth-order valence-electron chi connectivity index (χ4n) is 2.83. The predicted molar refractivity (Wildman–Crippen MR) is 102 cm³/mol. The van der Waals surface area contributed by atoms with Gasteiger partial charge in [-0.05, 0) is 32.9 Å². The average Bonchev–Trinajstić information content (AvgIpc) is 3.27. The van der Waals surface area contributed by atoms with Crippen molar-refractivity contribution in [2.75, 3.05) is 0 Å². The summed E-state index contributed by atoms with van der Waals surface area (Å²) in [6.07, 6.45) is 4.46. The lowest BCUT2D eigenvalue weighted by Crippen LogP contribution is -2.36. The molecule has 0 saturated carbocycles. The normalized spacial score (nSPS) is 11.1. The number of benzene rings is 1. The van der Waals surface area contributed by atoms with Crippen LogP contribution >= 0.6 is 0 Å². The first-order valence-electron chi connectivity index (χ1n) is 9.09. The van der Waals surface area contributed by atoms with Gasteiger partial charge in [-0.2, -0.15) is 5.10 Å². The number of carbonyl (C=O) groups excluding carboxylic acids is 1. The Labute approximate surface area is 159 Å². The zero-order valence-corrected chi connectivity index (χ0v) is 16.2. The van der Waals surface area contributed by atoms with Crippen LogP contribution < -0.4 is 0 Å². The molecule has 2 aromatic heterocycles. The van der Waals surface area contributed by atoms with Crippen molar-refractivity contribution in [3.05, 3.63) is 53.7 Å². The van der Waals surface area contributed by atoms with Crippen molar-refractivity contribution in [2.45, 2.75) is 46.2 Å². The second kappa shape index (κ2) is 8.16. The van der Waals surface area contributed by atoms with Gasteiger partial charge in [0.25, 0.3) is 0 Å². The lowest BCUT2D eigenvalue weighted by molar-refractivity contribution is -0.133. The third-order valence-electron chi connectivity index (χ3n) is 4.37. The molecule has 1 aromatic carbocycles. The van der Waals surface area contributed by atoms with Crippen molar-refractivity contribution in [3.8, 4) is 11.5 Å². The molecule has 3 aromatic rings. The van der Waals surface area contributed by atoms with Crippen LogP contribution in [0.15, 0.2) is 41.1 Å². The molecule has 0 atom stereocenters. The molecule has 7 nitrogen and oxygen atoms in total. The Bertz CT molecular complexity index is 895. The molecule has 0 N–H and O–H groups in total. The maximum absolute atomic E-state index is 12.7. The summed E-state index contributed by atoms with van der Waals surface area (Å²) in [7, 11) is 1.87. The lowest BCUT2D eigenvalue weighted by Gasteiger charge is -2.26. The standard InChI is InChI=1S/C20H25N5O2/c1-14(2)25(13-16-11-21-24(4)12-16)19(26)10-9-18-22-23-20(27-18)17-7-5-15(3)6-8-17/h5-8,11-12,14H,9-10,13H2,1-4H3. The number of aryl methyl sites for hydroxylation is 3. The van der Waals surface area contributed by atoms with E-state index >= 15 is 0 Å². The zero-order chi connectivity index (χ0) is 19.4. The third-order valence-corrected chi connectivity index (χ3v) is 4.37. The minimum Gasteiger partial charge on any atom is -0.421 e. The third kappa shape index (κ3) is 4.81. The summed E-state index contributed by atoms with van der Waals surface area (Å²) in [5.41, 5.74) is 3.07. The smallest absolute Gasteiger partial charge is 0.247 e. The summed E-state index contributed by atoms with van der Waals surface area (Å²) in [4.78, 5) is 14.5. The summed E-state index contributed by atoms with van der Waals surface area (Å²) in [6.45, 7) is 6.59. The minimum atomic E-state index is 0.0592. The summed E-state index contributed by atoms with van der Waals surface area (Å²) >= 11 is 0. The van der Waals surface area contributed by atoms with Crippen molar-refractivity contribution in [1.82, 2.24) is 24.9 Å². The first kappa shape index (κ1) is 18.8. The Morgan fingerprint density at radius 3 is 2.59 bits per heavy atom. The molecule has 0 aliphatic rings. The molecule has 0 saturated heterocycles. The van der Waals surface area contributed by atoms with Gasteiger partial charge in [0.05, 0.1) is 6.20 Å². The van der Waals surface area contributed by atoms with Crippen LogP contribution in [0.2, 0.25) is 0 Å². The van der Waals surface area contributed by atoms with E-state index < -0.39 is 0 Å². The number of rotatable bonds is 7. The van der Waals surface area contributed by atoms with Crippen molar-refractivity contribution in [2.24, 2.45) is 7.05 Å². The van der Waals surface area contributed by atoms with E-state index in [0.29, 0.717) is 31.2 Å². The Morgan fingerprint density at radius 2 is 1.96 bits per heavy atom. The van der Waals surface area contributed by atoms with Crippen LogP contribution in [0.3, 0.4) is 0 Å². The highest BCUT2D eigenvalue weighted by molar-refractivity contribution is 5.76. The molecule has 0 spiro atoms. The van der Waals surface area contributed by atoms with Gasteiger partial charge in [0.1, 0.15) is 0 Å². The van der Waals surface area contributed by atoms with E-state index in [0.717, 1.165) is 11.1 Å². The molecule has 7 heteroatoms. The Balaban J connectivity index is 1.61. The average molecular weight is 367 g/mol. The van der Waals surface area contributed by atoms with Gasteiger partial charge in [0.15, 0.2) is 0 Å². The highest BCUT2D eigenvalue weighted by Gasteiger charge is 2.19. The molecule has 0 aliphatic heterocycles. The molecule has 0 radical (unpaired) electrons. The van der Waals surface area contributed by atoms with E-state index in [9.17, 15) is 4.79 Å². The molecule has 0 fully saturated rings. The maximum atomic E-state index is 12.7. The van der Waals surface area contributed by atoms with Crippen LogP contribution in [0.1, 0.15) is 37.3 Å². The molecular weight excluding hydrogens is 342 g/mol. The van der Waals surface area contributed by atoms with Crippen LogP contribution in [-0.2, 0) is 24.8 Å². The van der Waals surface area contributed by atoms with Crippen LogP contribution in [0, 0.1) is 6.92 Å². The monoisotopic (exact) mass is 367 g/mol. The quantitative estimate of drug-likeness (QED) is 0.641. The molecule has 142 valence electrons. The Hall–Kier alpha value is -2.96. The van der Waals surface area contributed by atoms with Gasteiger partial charge in [0.2, 0.25) is 17.7 Å². The summed E-state index contributed by atoms with van der Waals surface area (Å²) < 4.78 is 7.45. The van der Waals surface area contributed by atoms with Gasteiger partial charge in [-0.25, -0.2) is 0 Å². The molecule has 2 heterocycles. The van der Waals surface area contributed by atoms with Crippen molar-refractivity contribution in [3.63, 3.8) is 0 Å². The van der Waals surface area contributed by atoms with E-state index in [1.165, 1.54) is 5.56 Å². The van der Waals surface area contributed by atoms with Gasteiger partial charge in [0, 0.05) is 49.8 Å². The Morgan fingerprint density at radius 1 is 1.22 bits per heavy atom. The summed E-state index contributed by atoms with van der Waals surface area (Å²) in [6, 6.07) is 8.00. The zero-order valence-electron chi connectivity index (χ0n) is 16.2. The van der Waals surface area contributed by atoms with Crippen LogP contribution in [0.4, 0.5) is 0 Å². The summed E-state index contributed by atoms with van der Waals surface area (Å²) in [5.74, 6) is 1.02. The number of carbonyl (C=O) groups is 1. The van der Waals surface area contributed by atoms with E-state index in [2.05, 4.69) is 15.3 Å². The minimum absolute atomic E-state index is 0.0592. The van der Waals surface area contributed by atoms with Crippen molar-refractivity contribution < 1.29 is 9.21 Å². The first-order chi connectivity index (χ1) is 12.9. The SMILES string of the molecule is Cc1ccc(-c2nnc(CCC(=O)N(Cc3cnn(C)c3)C(C)C)o2)cc1. The fraction of sp³-hybridized carbons (Fsp3) is 0.400. The molecule has 0 bridgehead atoms. The molecule has 1 amide bonds. The number of amides is 1. The van der Waals surface area contributed by atoms with Crippen molar-refractivity contribution in [1.29, 1.82) is 0 Å². The van der Waals surface area contributed by atoms with Crippen LogP contribution in [0.25, 0.3) is 11.5 Å².